The molecular formula is C13H23N5O. The molecule has 0 unspecified atom stereocenters. The molecule has 106 valence electrons. The van der Waals surface area contributed by atoms with Gasteiger partial charge in [0.1, 0.15) is 0 Å². The van der Waals surface area contributed by atoms with Crippen LogP contribution < -0.4 is 15.0 Å². The molecule has 0 saturated heterocycles. The average molecular weight is 265 g/mol. The Bertz CT molecular complexity index is 419. The predicted molar refractivity (Wildman–Crippen MR) is 75.7 cm³/mol. The summed E-state index contributed by atoms with van der Waals surface area (Å²) in [6.45, 7) is 7.86. The van der Waals surface area contributed by atoms with Gasteiger partial charge in [0, 0.05) is 19.6 Å². The van der Waals surface area contributed by atoms with E-state index in [-0.39, 0.29) is 0 Å². The minimum absolute atomic E-state index is 0.395. The first-order valence-corrected chi connectivity index (χ1v) is 6.97. The molecule has 1 aliphatic rings. The minimum Gasteiger partial charge on any atom is -0.464 e. The van der Waals surface area contributed by atoms with Gasteiger partial charge in [0.05, 0.1) is 6.61 Å². The molecule has 1 fully saturated rings. The van der Waals surface area contributed by atoms with Gasteiger partial charge in [-0.05, 0) is 25.7 Å². The molecule has 0 bridgehead atoms. The molecule has 0 aromatic carbocycles. The van der Waals surface area contributed by atoms with Gasteiger partial charge in [-0.1, -0.05) is 13.8 Å². The number of hydrogen-bond acceptors (Lipinski definition) is 6. The Balaban J connectivity index is 2.26. The Kier molecular flexibility index (Phi) is 4.39. The Morgan fingerprint density at radius 2 is 2.05 bits per heavy atom. The largest absolute Gasteiger partial charge is 0.464 e. The molecule has 1 heterocycles. The summed E-state index contributed by atoms with van der Waals surface area (Å²) < 4.78 is 5.42. The highest BCUT2D eigenvalue weighted by molar-refractivity contribution is 5.40. The van der Waals surface area contributed by atoms with Crippen molar-refractivity contribution >= 4 is 11.9 Å². The van der Waals surface area contributed by atoms with Gasteiger partial charge >= 0.3 is 6.01 Å². The number of anilines is 2. The number of ether oxygens (including phenoxy) is 1. The van der Waals surface area contributed by atoms with Crippen LogP contribution in [-0.4, -0.2) is 41.2 Å². The quantitative estimate of drug-likeness (QED) is 0.813. The van der Waals surface area contributed by atoms with Crippen LogP contribution >= 0.6 is 0 Å². The van der Waals surface area contributed by atoms with Gasteiger partial charge in [-0.15, -0.1) is 0 Å². The number of rotatable bonds is 7. The van der Waals surface area contributed by atoms with Crippen LogP contribution in [0.2, 0.25) is 0 Å². The van der Waals surface area contributed by atoms with Crippen LogP contribution in [0, 0.1) is 5.92 Å². The van der Waals surface area contributed by atoms with Crippen molar-refractivity contribution in [3.8, 4) is 6.01 Å². The normalized spacial score (nSPS) is 14.6. The van der Waals surface area contributed by atoms with Gasteiger partial charge in [0.25, 0.3) is 0 Å². The summed E-state index contributed by atoms with van der Waals surface area (Å²) in [5, 5.41) is 2.96. The third-order valence-corrected chi connectivity index (χ3v) is 2.91. The summed E-state index contributed by atoms with van der Waals surface area (Å²) in [5.41, 5.74) is 0. The highest BCUT2D eigenvalue weighted by atomic mass is 16.5. The number of nitrogens with one attached hydrogen (secondary N) is 1. The van der Waals surface area contributed by atoms with Crippen LogP contribution in [0.15, 0.2) is 0 Å². The lowest BCUT2D eigenvalue weighted by molar-refractivity contribution is 0.312. The van der Waals surface area contributed by atoms with E-state index >= 15 is 0 Å². The smallest absolute Gasteiger partial charge is 0.323 e. The molecule has 1 aromatic heterocycles. The molecule has 19 heavy (non-hydrogen) atoms. The van der Waals surface area contributed by atoms with Gasteiger partial charge in [0.2, 0.25) is 11.9 Å². The Morgan fingerprint density at radius 1 is 1.32 bits per heavy atom. The third-order valence-electron chi connectivity index (χ3n) is 2.91. The molecule has 0 radical (unpaired) electrons. The second-order valence-corrected chi connectivity index (χ2v) is 5.20. The fourth-order valence-electron chi connectivity index (χ4n) is 1.95. The van der Waals surface area contributed by atoms with Crippen molar-refractivity contribution in [2.24, 2.45) is 5.92 Å². The first-order valence-electron chi connectivity index (χ1n) is 6.97. The van der Waals surface area contributed by atoms with Crippen molar-refractivity contribution in [2.45, 2.75) is 39.7 Å². The summed E-state index contributed by atoms with van der Waals surface area (Å²) in [7, 11) is 1.80. The van der Waals surface area contributed by atoms with E-state index in [1.165, 1.54) is 12.8 Å². The standard InChI is InChI=1S/C13H23N5O/c1-5-19-13-16-11(14-4)15-12(17-13)18(8-9(2)3)10-6-7-10/h9-10H,5-8H2,1-4H3,(H,14,15,16,17). The Hall–Kier alpha value is -1.59. The van der Waals surface area contributed by atoms with E-state index in [4.69, 9.17) is 4.74 Å². The molecule has 1 aromatic rings. The SMILES string of the molecule is CCOc1nc(NC)nc(N(CC(C)C)C2CC2)n1. The molecule has 1 N–H and O–H groups in total. The van der Waals surface area contributed by atoms with Crippen molar-refractivity contribution in [1.82, 2.24) is 15.0 Å². The zero-order valence-corrected chi connectivity index (χ0v) is 12.2. The van der Waals surface area contributed by atoms with Crippen molar-refractivity contribution in [3.63, 3.8) is 0 Å². The van der Waals surface area contributed by atoms with E-state index in [9.17, 15) is 0 Å². The first kappa shape index (κ1) is 13.8. The minimum atomic E-state index is 0.395. The number of hydrogen-bond donors (Lipinski definition) is 1. The summed E-state index contributed by atoms with van der Waals surface area (Å²) in [6, 6.07) is 0.968. The molecule has 6 heteroatoms. The summed E-state index contributed by atoms with van der Waals surface area (Å²) >= 11 is 0. The highest BCUT2D eigenvalue weighted by Gasteiger charge is 2.31. The van der Waals surface area contributed by atoms with Crippen molar-refractivity contribution in [1.29, 1.82) is 0 Å². The maximum absolute atomic E-state index is 5.42. The summed E-state index contributed by atoms with van der Waals surface area (Å²) in [4.78, 5) is 15.4. The van der Waals surface area contributed by atoms with Gasteiger partial charge in [-0.3, -0.25) is 0 Å². The first-order chi connectivity index (χ1) is 9.13. The molecule has 1 aliphatic carbocycles. The van der Waals surface area contributed by atoms with E-state index in [1.54, 1.807) is 7.05 Å². The van der Waals surface area contributed by atoms with Crippen LogP contribution in [0.5, 0.6) is 6.01 Å². The lowest BCUT2D eigenvalue weighted by Crippen LogP contribution is -2.31. The third kappa shape index (κ3) is 3.68. The fourth-order valence-corrected chi connectivity index (χ4v) is 1.95. The summed E-state index contributed by atoms with van der Waals surface area (Å²) in [6.07, 6.45) is 2.44. The van der Waals surface area contributed by atoms with Crippen molar-refractivity contribution < 1.29 is 4.74 Å². The van der Waals surface area contributed by atoms with E-state index in [1.807, 2.05) is 6.92 Å². The van der Waals surface area contributed by atoms with E-state index in [2.05, 4.69) is 39.0 Å². The zero-order valence-electron chi connectivity index (χ0n) is 12.2. The monoisotopic (exact) mass is 265 g/mol. The predicted octanol–water partition coefficient (Wildman–Crippen LogP) is 1.94. The topological polar surface area (TPSA) is 63.2 Å². The van der Waals surface area contributed by atoms with E-state index in [0.29, 0.717) is 30.5 Å². The molecule has 0 aliphatic heterocycles. The maximum atomic E-state index is 5.42. The maximum Gasteiger partial charge on any atom is 0.323 e. The molecule has 2 rings (SSSR count). The molecule has 6 nitrogen and oxygen atoms in total. The van der Waals surface area contributed by atoms with E-state index in [0.717, 1.165) is 12.5 Å². The Morgan fingerprint density at radius 3 is 2.58 bits per heavy atom. The lowest BCUT2D eigenvalue weighted by Gasteiger charge is -2.24. The van der Waals surface area contributed by atoms with Crippen molar-refractivity contribution in [2.75, 3.05) is 30.4 Å². The number of aromatic nitrogens is 3. The van der Waals surface area contributed by atoms with Gasteiger partial charge in [-0.2, -0.15) is 15.0 Å². The van der Waals surface area contributed by atoms with Crippen LogP contribution in [0.25, 0.3) is 0 Å². The molecule has 1 saturated carbocycles. The average Bonchev–Trinajstić information content (AvgIpc) is 3.20. The fraction of sp³-hybridized carbons (Fsp3) is 0.769. The lowest BCUT2D eigenvalue weighted by atomic mass is 10.2. The molecular weight excluding hydrogens is 242 g/mol. The van der Waals surface area contributed by atoms with Crippen LogP contribution in [0.4, 0.5) is 11.9 Å². The van der Waals surface area contributed by atoms with Gasteiger partial charge in [0.15, 0.2) is 0 Å². The van der Waals surface area contributed by atoms with E-state index < -0.39 is 0 Å². The van der Waals surface area contributed by atoms with Crippen LogP contribution in [0.1, 0.15) is 33.6 Å². The number of nitrogens with zero attached hydrogens (tertiary/aromatic N) is 4. The zero-order chi connectivity index (χ0) is 13.8. The second-order valence-electron chi connectivity index (χ2n) is 5.20. The highest BCUT2D eigenvalue weighted by Crippen LogP contribution is 2.31. The Labute approximate surface area is 114 Å². The second kappa shape index (κ2) is 6.04. The van der Waals surface area contributed by atoms with Crippen LogP contribution in [-0.2, 0) is 0 Å². The molecule has 0 atom stereocenters. The molecule has 0 spiro atoms. The van der Waals surface area contributed by atoms with Crippen molar-refractivity contribution in [3.05, 3.63) is 0 Å². The van der Waals surface area contributed by atoms with Gasteiger partial charge < -0.3 is 15.0 Å². The van der Waals surface area contributed by atoms with Gasteiger partial charge in [-0.25, -0.2) is 0 Å². The van der Waals surface area contributed by atoms with Crippen LogP contribution in [0.3, 0.4) is 0 Å². The molecule has 0 amide bonds. The summed E-state index contributed by atoms with van der Waals surface area (Å²) in [5.74, 6) is 1.85.